The highest BCUT2D eigenvalue weighted by molar-refractivity contribution is 6.02. The molecule has 0 aliphatic heterocycles. The van der Waals surface area contributed by atoms with Crippen LogP contribution in [-0.2, 0) is 16.2 Å². The molecule has 352 valence electrons. The van der Waals surface area contributed by atoms with E-state index < -0.39 is 5.41 Å². The zero-order valence-electron chi connectivity index (χ0n) is 42.3. The smallest absolute Gasteiger partial charge is 0.0713 e. The standard InChI is InChI=1S/C73H55N/c1-71(2)61-35-17-11-30-54(61)59-46-48(42-44-63(59)71)52-28-14-20-39-67(52)74(69-41-22-16-32-56(69)57-34-23-38-66-70(57)58-33-13-18-36-62(58)72(66,3)4)68-40-21-15-29-53(68)49-43-45-65-60(47-49)55-31-12-19-37-64(55)73(65,50-24-7-5-8-25-50)51-26-9-6-10-27-51/h5-47H,1-4H3. The minimum absolute atomic E-state index is 0.0881. The number of para-hydroxylation sites is 3. The van der Waals surface area contributed by atoms with Crippen molar-refractivity contribution in [1.29, 1.82) is 0 Å². The van der Waals surface area contributed by atoms with Crippen molar-refractivity contribution in [2.45, 2.75) is 43.9 Å². The predicted octanol–water partition coefficient (Wildman–Crippen LogP) is 19.1. The molecule has 0 spiro atoms. The molecular formula is C73H55N. The molecule has 0 bridgehead atoms. The second-order valence-electron chi connectivity index (χ2n) is 21.5. The normalized spacial score (nSPS) is 14.5. The van der Waals surface area contributed by atoms with Gasteiger partial charge >= 0.3 is 0 Å². The lowest BCUT2D eigenvalue weighted by atomic mass is 9.67. The zero-order chi connectivity index (χ0) is 49.8. The molecule has 1 nitrogen and oxygen atoms in total. The minimum atomic E-state index is -0.481. The Hall–Kier alpha value is -8.78. The van der Waals surface area contributed by atoms with E-state index in [1.54, 1.807) is 0 Å². The summed E-state index contributed by atoms with van der Waals surface area (Å²) in [6, 6.07) is 97.9. The van der Waals surface area contributed by atoms with Crippen molar-refractivity contribution in [1.82, 2.24) is 0 Å². The average Bonchev–Trinajstić information content (AvgIpc) is 4.07. The van der Waals surface area contributed by atoms with Crippen molar-refractivity contribution in [3.8, 4) is 66.8 Å². The van der Waals surface area contributed by atoms with Gasteiger partial charge in [-0.2, -0.15) is 0 Å². The van der Waals surface area contributed by atoms with Crippen molar-refractivity contribution in [2.24, 2.45) is 0 Å². The molecule has 11 aromatic rings. The van der Waals surface area contributed by atoms with E-state index in [-0.39, 0.29) is 10.8 Å². The van der Waals surface area contributed by atoms with Gasteiger partial charge in [0.25, 0.3) is 0 Å². The van der Waals surface area contributed by atoms with Crippen LogP contribution in [0.3, 0.4) is 0 Å². The van der Waals surface area contributed by atoms with Gasteiger partial charge in [-0.1, -0.05) is 258 Å². The van der Waals surface area contributed by atoms with Gasteiger partial charge in [0.15, 0.2) is 0 Å². The van der Waals surface area contributed by atoms with Gasteiger partial charge in [0, 0.05) is 27.5 Å². The molecule has 3 aliphatic carbocycles. The molecule has 0 heterocycles. The molecule has 0 saturated heterocycles. The average molecular weight is 946 g/mol. The van der Waals surface area contributed by atoms with Crippen LogP contribution in [0.1, 0.15) is 72.2 Å². The molecule has 0 N–H and O–H groups in total. The lowest BCUT2D eigenvalue weighted by molar-refractivity contribution is 0.660. The van der Waals surface area contributed by atoms with E-state index in [4.69, 9.17) is 0 Å². The molecular weight excluding hydrogens is 891 g/mol. The van der Waals surface area contributed by atoms with Gasteiger partial charge in [0.2, 0.25) is 0 Å². The van der Waals surface area contributed by atoms with Crippen LogP contribution in [-0.4, -0.2) is 0 Å². The fraction of sp³-hybridized carbons (Fsp3) is 0.0959. The lowest BCUT2D eigenvalue weighted by Crippen LogP contribution is -2.28. The summed E-state index contributed by atoms with van der Waals surface area (Å²) in [5.41, 5.74) is 28.2. The van der Waals surface area contributed by atoms with Gasteiger partial charge in [-0.05, 0) is 125 Å². The molecule has 1 heteroatoms. The van der Waals surface area contributed by atoms with Gasteiger partial charge < -0.3 is 4.90 Å². The summed E-state index contributed by atoms with van der Waals surface area (Å²) in [4.78, 5) is 2.57. The van der Waals surface area contributed by atoms with Crippen LogP contribution in [0.4, 0.5) is 17.1 Å². The van der Waals surface area contributed by atoms with Crippen LogP contribution in [0.25, 0.3) is 66.8 Å². The number of hydrogen-bond acceptors (Lipinski definition) is 1. The Bertz CT molecular complexity index is 3980. The third-order valence-corrected chi connectivity index (χ3v) is 17.0. The Morgan fingerprint density at radius 1 is 0.243 bits per heavy atom. The molecule has 0 radical (unpaired) electrons. The number of benzene rings is 11. The van der Waals surface area contributed by atoms with Crippen molar-refractivity contribution < 1.29 is 0 Å². The van der Waals surface area contributed by atoms with Gasteiger partial charge in [0.05, 0.1) is 22.5 Å². The fourth-order valence-electron chi connectivity index (χ4n) is 13.6. The molecule has 14 rings (SSSR count). The Balaban J connectivity index is 1.02. The largest absolute Gasteiger partial charge is 0.309 e. The quantitative estimate of drug-likeness (QED) is 0.147. The summed E-state index contributed by atoms with van der Waals surface area (Å²) in [5.74, 6) is 0. The maximum atomic E-state index is 2.57. The molecule has 0 aromatic heterocycles. The third kappa shape index (κ3) is 6.29. The van der Waals surface area contributed by atoms with Crippen LogP contribution in [0.5, 0.6) is 0 Å². The number of anilines is 3. The van der Waals surface area contributed by atoms with E-state index in [1.165, 1.54) is 106 Å². The Labute approximate surface area is 435 Å². The van der Waals surface area contributed by atoms with Crippen molar-refractivity contribution >= 4 is 17.1 Å². The predicted molar refractivity (Wildman–Crippen MR) is 310 cm³/mol. The molecule has 0 unspecified atom stereocenters. The summed E-state index contributed by atoms with van der Waals surface area (Å²) >= 11 is 0. The first-order valence-corrected chi connectivity index (χ1v) is 26.2. The van der Waals surface area contributed by atoms with Crippen LogP contribution in [0.15, 0.2) is 261 Å². The molecule has 74 heavy (non-hydrogen) atoms. The molecule has 3 aliphatic rings. The molecule has 0 saturated carbocycles. The number of rotatable bonds is 8. The summed E-state index contributed by atoms with van der Waals surface area (Å²) in [6.07, 6.45) is 0. The SMILES string of the molecule is CC1(C)c2ccccc2-c2cc(-c3ccccc3N(c3ccccc3-c3ccc4c(c3)-c3ccccc3C4(c3ccccc3)c3ccccc3)c3ccccc3-c3cccc4c3-c3ccccc3C4(C)C)ccc21. The van der Waals surface area contributed by atoms with Gasteiger partial charge in [-0.15, -0.1) is 0 Å². The Morgan fingerprint density at radius 3 is 1.18 bits per heavy atom. The van der Waals surface area contributed by atoms with Crippen LogP contribution >= 0.6 is 0 Å². The molecule has 0 amide bonds. The van der Waals surface area contributed by atoms with Crippen molar-refractivity contribution in [3.05, 3.63) is 305 Å². The van der Waals surface area contributed by atoms with Crippen molar-refractivity contribution in [3.63, 3.8) is 0 Å². The first kappa shape index (κ1) is 44.0. The second kappa shape index (κ2) is 16.6. The maximum Gasteiger partial charge on any atom is 0.0713 e. The summed E-state index contributed by atoms with van der Waals surface area (Å²) < 4.78 is 0. The van der Waals surface area contributed by atoms with E-state index in [1.807, 2.05) is 0 Å². The second-order valence-corrected chi connectivity index (χ2v) is 21.5. The van der Waals surface area contributed by atoms with Crippen LogP contribution in [0.2, 0.25) is 0 Å². The number of hydrogen-bond donors (Lipinski definition) is 0. The van der Waals surface area contributed by atoms with Crippen LogP contribution in [0, 0.1) is 0 Å². The monoisotopic (exact) mass is 945 g/mol. The molecule has 0 atom stereocenters. The topological polar surface area (TPSA) is 3.24 Å². The van der Waals surface area contributed by atoms with E-state index >= 15 is 0 Å². The van der Waals surface area contributed by atoms with Gasteiger partial charge in [-0.3, -0.25) is 0 Å². The van der Waals surface area contributed by atoms with Crippen molar-refractivity contribution in [2.75, 3.05) is 4.90 Å². The van der Waals surface area contributed by atoms with E-state index in [0.717, 1.165) is 22.6 Å². The lowest BCUT2D eigenvalue weighted by Gasteiger charge is -2.34. The molecule has 0 fully saturated rings. The highest BCUT2D eigenvalue weighted by Crippen LogP contribution is 2.59. The zero-order valence-corrected chi connectivity index (χ0v) is 42.3. The Kier molecular flexibility index (Phi) is 9.88. The number of nitrogens with zero attached hydrogens (tertiary/aromatic N) is 1. The Morgan fingerprint density at radius 2 is 0.595 bits per heavy atom. The summed E-state index contributed by atoms with van der Waals surface area (Å²) in [7, 11) is 0. The van der Waals surface area contributed by atoms with E-state index in [9.17, 15) is 0 Å². The fourth-order valence-corrected chi connectivity index (χ4v) is 13.6. The van der Waals surface area contributed by atoms with E-state index in [2.05, 4.69) is 293 Å². The minimum Gasteiger partial charge on any atom is -0.309 e. The first-order valence-electron chi connectivity index (χ1n) is 26.2. The first-order chi connectivity index (χ1) is 36.3. The maximum absolute atomic E-state index is 2.57. The summed E-state index contributed by atoms with van der Waals surface area (Å²) in [6.45, 7) is 9.48. The molecule has 11 aromatic carbocycles. The highest BCUT2D eigenvalue weighted by Gasteiger charge is 2.46. The highest BCUT2D eigenvalue weighted by atomic mass is 15.1. The summed E-state index contributed by atoms with van der Waals surface area (Å²) in [5, 5.41) is 0. The van der Waals surface area contributed by atoms with E-state index in [0.29, 0.717) is 0 Å². The van der Waals surface area contributed by atoms with Gasteiger partial charge in [0.1, 0.15) is 0 Å². The van der Waals surface area contributed by atoms with Crippen LogP contribution < -0.4 is 4.90 Å². The van der Waals surface area contributed by atoms with Gasteiger partial charge in [-0.25, -0.2) is 0 Å². The third-order valence-electron chi connectivity index (χ3n) is 17.0. The number of fused-ring (bicyclic) bond motifs is 9.